The minimum atomic E-state index is -0.617. The standard InChI is InChI=1S/C33H43N5O3/c1-22-18-23(2)38(36-22)28-10-6-8-26(19-28)29(20-30(39)41-33(3,4)5)32(40)37-17-15-24(21-37)11-13-27-14-12-25-9-7-16-34-31(25)35-27/h6,8,10,12,14,18-19,24,29H,7,9,11,13,15-17,20-21H2,1-5H3,(H,34,35). The number of esters is 1. The van der Waals surface area contributed by atoms with Crippen LogP contribution in [0.4, 0.5) is 5.82 Å². The van der Waals surface area contributed by atoms with Gasteiger partial charge >= 0.3 is 5.97 Å². The number of nitrogens with one attached hydrogen (secondary N) is 1. The summed E-state index contributed by atoms with van der Waals surface area (Å²) in [5, 5.41) is 8.03. The fourth-order valence-corrected chi connectivity index (χ4v) is 6.01. The second-order valence-corrected chi connectivity index (χ2v) is 12.6. The van der Waals surface area contributed by atoms with Crippen LogP contribution in [0, 0.1) is 19.8 Å². The molecule has 2 aliphatic heterocycles. The zero-order valence-corrected chi connectivity index (χ0v) is 25.1. The summed E-state index contributed by atoms with van der Waals surface area (Å²) in [6, 6.07) is 14.2. The van der Waals surface area contributed by atoms with Crippen LogP contribution >= 0.6 is 0 Å². The number of carbonyl (C=O) groups excluding carboxylic acids is 2. The Bertz CT molecular complexity index is 1410. The quantitative estimate of drug-likeness (QED) is 0.366. The zero-order chi connectivity index (χ0) is 29.1. The SMILES string of the molecule is Cc1cc(C)n(-c2cccc(C(CC(=O)OC(C)(C)C)C(=O)N3CCC(CCc4ccc5c(n4)NCCC5)C3)c2)n1. The number of anilines is 1. The number of benzene rings is 1. The number of carbonyl (C=O) groups is 2. The molecule has 2 aliphatic rings. The molecule has 3 aromatic rings. The smallest absolute Gasteiger partial charge is 0.307 e. The summed E-state index contributed by atoms with van der Waals surface area (Å²) in [7, 11) is 0. The molecule has 2 unspecified atom stereocenters. The third-order valence-corrected chi connectivity index (χ3v) is 7.97. The number of hydrogen-bond donors (Lipinski definition) is 1. The van der Waals surface area contributed by atoms with Crippen molar-refractivity contribution in [2.75, 3.05) is 25.0 Å². The van der Waals surface area contributed by atoms with Gasteiger partial charge in [0.1, 0.15) is 11.4 Å². The van der Waals surface area contributed by atoms with Gasteiger partial charge in [-0.25, -0.2) is 9.67 Å². The van der Waals surface area contributed by atoms with Crippen LogP contribution in [0.3, 0.4) is 0 Å². The fourth-order valence-electron chi connectivity index (χ4n) is 6.01. The summed E-state index contributed by atoms with van der Waals surface area (Å²) in [5.74, 6) is 0.446. The van der Waals surface area contributed by atoms with Gasteiger partial charge in [0.05, 0.1) is 23.7 Å². The van der Waals surface area contributed by atoms with Crippen molar-refractivity contribution >= 4 is 17.7 Å². The summed E-state index contributed by atoms with van der Waals surface area (Å²) < 4.78 is 7.53. The van der Waals surface area contributed by atoms with Crippen LogP contribution in [0.5, 0.6) is 0 Å². The van der Waals surface area contributed by atoms with E-state index in [0.717, 1.165) is 72.8 Å². The Morgan fingerprint density at radius 2 is 1.98 bits per heavy atom. The van der Waals surface area contributed by atoms with Gasteiger partial charge in [0.15, 0.2) is 0 Å². The third-order valence-electron chi connectivity index (χ3n) is 7.97. The minimum absolute atomic E-state index is 0.00386. The highest BCUT2D eigenvalue weighted by Crippen LogP contribution is 2.31. The molecule has 1 fully saturated rings. The molecule has 0 aliphatic carbocycles. The van der Waals surface area contributed by atoms with E-state index in [-0.39, 0.29) is 18.3 Å². The van der Waals surface area contributed by atoms with Crippen LogP contribution < -0.4 is 5.32 Å². The number of aryl methyl sites for hydroxylation is 4. The molecular formula is C33H43N5O3. The first kappa shape index (κ1) is 28.8. The van der Waals surface area contributed by atoms with E-state index in [2.05, 4.69) is 22.5 Å². The number of fused-ring (bicyclic) bond motifs is 1. The number of hydrogen-bond acceptors (Lipinski definition) is 6. The molecule has 41 heavy (non-hydrogen) atoms. The third kappa shape index (κ3) is 7.16. The van der Waals surface area contributed by atoms with Crippen LogP contribution in [0.15, 0.2) is 42.5 Å². The largest absolute Gasteiger partial charge is 0.460 e. The van der Waals surface area contributed by atoms with E-state index < -0.39 is 11.5 Å². The monoisotopic (exact) mass is 557 g/mol. The summed E-state index contributed by atoms with van der Waals surface area (Å²) in [5.41, 5.74) is 5.42. The van der Waals surface area contributed by atoms with E-state index in [9.17, 15) is 9.59 Å². The number of amides is 1. The Balaban J connectivity index is 1.30. The Morgan fingerprint density at radius 1 is 1.15 bits per heavy atom. The second kappa shape index (κ2) is 12.0. The first-order valence-corrected chi connectivity index (χ1v) is 14.9. The average molecular weight is 558 g/mol. The van der Waals surface area contributed by atoms with Crippen molar-refractivity contribution in [3.05, 3.63) is 70.7 Å². The van der Waals surface area contributed by atoms with E-state index in [1.54, 1.807) is 0 Å². The molecule has 1 aromatic carbocycles. The maximum atomic E-state index is 14.0. The molecule has 218 valence electrons. The van der Waals surface area contributed by atoms with Crippen LogP contribution in [0.2, 0.25) is 0 Å². The summed E-state index contributed by atoms with van der Waals surface area (Å²) in [6.45, 7) is 11.9. The van der Waals surface area contributed by atoms with Gasteiger partial charge in [0.2, 0.25) is 5.91 Å². The van der Waals surface area contributed by atoms with Crippen LogP contribution in [0.1, 0.15) is 80.6 Å². The number of rotatable bonds is 8. The molecule has 1 N–H and O–H groups in total. The van der Waals surface area contributed by atoms with Crippen molar-refractivity contribution in [3.63, 3.8) is 0 Å². The first-order chi connectivity index (χ1) is 19.6. The fraction of sp³-hybridized carbons (Fsp3) is 0.515. The van der Waals surface area contributed by atoms with Crippen molar-refractivity contribution in [1.29, 1.82) is 0 Å². The lowest BCUT2D eigenvalue weighted by molar-refractivity contribution is -0.157. The number of pyridine rings is 1. The molecule has 4 heterocycles. The van der Waals surface area contributed by atoms with E-state index in [1.807, 2.05) is 74.5 Å². The molecule has 0 bridgehead atoms. The lowest BCUT2D eigenvalue weighted by atomic mass is 9.93. The number of likely N-dealkylation sites (tertiary alicyclic amines) is 1. The van der Waals surface area contributed by atoms with Crippen molar-refractivity contribution in [3.8, 4) is 5.69 Å². The van der Waals surface area contributed by atoms with Crippen LogP contribution in [-0.4, -0.2) is 56.8 Å². The van der Waals surface area contributed by atoms with Crippen molar-refractivity contribution in [2.45, 2.75) is 84.7 Å². The van der Waals surface area contributed by atoms with Gasteiger partial charge in [-0.3, -0.25) is 9.59 Å². The molecule has 5 rings (SSSR count). The lowest BCUT2D eigenvalue weighted by Crippen LogP contribution is -2.35. The average Bonchev–Trinajstić information content (AvgIpc) is 3.55. The van der Waals surface area contributed by atoms with Gasteiger partial charge in [-0.1, -0.05) is 18.2 Å². The maximum absolute atomic E-state index is 14.0. The molecule has 8 nitrogen and oxygen atoms in total. The Kier molecular flexibility index (Phi) is 8.47. The molecule has 0 spiro atoms. The van der Waals surface area contributed by atoms with Crippen molar-refractivity contribution in [2.24, 2.45) is 5.92 Å². The van der Waals surface area contributed by atoms with Crippen LogP contribution in [0.25, 0.3) is 5.69 Å². The zero-order valence-electron chi connectivity index (χ0n) is 25.1. The van der Waals surface area contributed by atoms with Crippen molar-refractivity contribution < 1.29 is 14.3 Å². The topological polar surface area (TPSA) is 89.4 Å². The second-order valence-electron chi connectivity index (χ2n) is 12.6. The molecule has 2 atom stereocenters. The first-order valence-electron chi connectivity index (χ1n) is 14.9. The Labute approximate surface area is 243 Å². The summed E-state index contributed by atoms with van der Waals surface area (Å²) in [6.07, 6.45) is 5.09. The number of ether oxygens (including phenoxy) is 1. The molecule has 1 saturated heterocycles. The van der Waals surface area contributed by atoms with Gasteiger partial charge in [-0.15, -0.1) is 0 Å². The molecule has 8 heteroatoms. The molecule has 0 saturated carbocycles. The molecule has 1 amide bonds. The highest BCUT2D eigenvalue weighted by molar-refractivity contribution is 5.88. The summed E-state index contributed by atoms with van der Waals surface area (Å²) in [4.78, 5) is 33.8. The minimum Gasteiger partial charge on any atom is -0.460 e. The van der Waals surface area contributed by atoms with Gasteiger partial charge < -0.3 is 15.0 Å². The predicted molar refractivity (Wildman–Crippen MR) is 160 cm³/mol. The van der Waals surface area contributed by atoms with Crippen LogP contribution in [-0.2, 0) is 27.2 Å². The van der Waals surface area contributed by atoms with E-state index in [4.69, 9.17) is 9.72 Å². The number of aromatic nitrogens is 3. The number of nitrogens with zero attached hydrogens (tertiary/aromatic N) is 4. The lowest BCUT2D eigenvalue weighted by Gasteiger charge is -2.26. The van der Waals surface area contributed by atoms with Gasteiger partial charge in [0.25, 0.3) is 0 Å². The molecule has 0 radical (unpaired) electrons. The Hall–Kier alpha value is -3.68. The maximum Gasteiger partial charge on any atom is 0.307 e. The molecular weight excluding hydrogens is 514 g/mol. The van der Waals surface area contributed by atoms with E-state index in [1.165, 1.54) is 5.56 Å². The summed E-state index contributed by atoms with van der Waals surface area (Å²) >= 11 is 0. The van der Waals surface area contributed by atoms with Gasteiger partial charge in [-0.2, -0.15) is 5.10 Å². The van der Waals surface area contributed by atoms with Crippen molar-refractivity contribution in [1.82, 2.24) is 19.7 Å². The normalized spacial score (nSPS) is 17.6. The Morgan fingerprint density at radius 3 is 2.73 bits per heavy atom. The van der Waals surface area contributed by atoms with Gasteiger partial charge in [0, 0.05) is 31.0 Å². The molecule has 2 aromatic heterocycles. The van der Waals surface area contributed by atoms with E-state index >= 15 is 0 Å². The highest BCUT2D eigenvalue weighted by Gasteiger charge is 2.34. The predicted octanol–water partition coefficient (Wildman–Crippen LogP) is 5.54. The van der Waals surface area contributed by atoms with E-state index in [0.29, 0.717) is 19.0 Å². The van der Waals surface area contributed by atoms with Gasteiger partial charge in [-0.05, 0) is 108 Å². The highest BCUT2D eigenvalue weighted by atomic mass is 16.6.